The molecule has 1 aromatic carbocycles. The van der Waals surface area contributed by atoms with Crippen molar-refractivity contribution in [3.8, 4) is 5.75 Å². The summed E-state index contributed by atoms with van der Waals surface area (Å²) in [5.74, 6) is -3.01. The van der Waals surface area contributed by atoms with Gasteiger partial charge in [0, 0.05) is 5.57 Å². The van der Waals surface area contributed by atoms with Crippen LogP contribution in [0.4, 0.5) is 8.78 Å². The highest BCUT2D eigenvalue weighted by Crippen LogP contribution is 2.24. The van der Waals surface area contributed by atoms with Gasteiger partial charge in [-0.2, -0.15) is 0 Å². The molecule has 0 bridgehead atoms. The largest absolute Gasteiger partial charge is 0.505 e. The number of rotatable bonds is 3. The topological polar surface area (TPSA) is 83.6 Å². The van der Waals surface area contributed by atoms with Crippen molar-refractivity contribution in [2.75, 3.05) is 0 Å². The molecule has 0 radical (unpaired) electrons. The van der Waals surface area contributed by atoms with Gasteiger partial charge in [0.15, 0.2) is 11.6 Å². The van der Waals surface area contributed by atoms with Crippen LogP contribution in [0.15, 0.2) is 24.5 Å². The molecule has 1 aromatic rings. The molecule has 0 heterocycles. The Morgan fingerprint density at radius 1 is 1.50 bits per heavy atom. The quantitative estimate of drug-likeness (QED) is 0.728. The van der Waals surface area contributed by atoms with E-state index in [1.165, 1.54) is 0 Å². The van der Waals surface area contributed by atoms with E-state index in [-0.39, 0.29) is 17.5 Å². The van der Waals surface area contributed by atoms with Crippen molar-refractivity contribution in [3.05, 3.63) is 35.9 Å². The molecule has 6 heteroatoms. The Labute approximate surface area is 89.6 Å². The molecule has 0 aliphatic rings. The SMILES string of the molecule is NC(C(=O)O)/C(=C/F)c1ccc(F)c(O)c1. The van der Waals surface area contributed by atoms with Gasteiger partial charge in [0.05, 0.1) is 6.33 Å². The fraction of sp³-hybridized carbons (Fsp3) is 0.100. The van der Waals surface area contributed by atoms with E-state index in [1.807, 2.05) is 0 Å². The molecule has 0 amide bonds. The van der Waals surface area contributed by atoms with Crippen LogP contribution in [0.3, 0.4) is 0 Å². The van der Waals surface area contributed by atoms with Crippen molar-refractivity contribution >= 4 is 11.5 Å². The van der Waals surface area contributed by atoms with Gasteiger partial charge in [-0.25, -0.2) is 8.78 Å². The second-order valence-electron chi connectivity index (χ2n) is 3.05. The van der Waals surface area contributed by atoms with Crippen molar-refractivity contribution in [1.82, 2.24) is 0 Å². The van der Waals surface area contributed by atoms with Crippen LogP contribution in [-0.2, 0) is 4.79 Å². The highest BCUT2D eigenvalue weighted by molar-refractivity contribution is 5.90. The minimum atomic E-state index is -1.57. The van der Waals surface area contributed by atoms with Crippen LogP contribution in [0.25, 0.3) is 5.57 Å². The van der Waals surface area contributed by atoms with Gasteiger partial charge in [0.25, 0.3) is 0 Å². The van der Waals surface area contributed by atoms with Crippen molar-refractivity contribution < 1.29 is 23.8 Å². The Bertz CT molecular complexity index is 446. The van der Waals surface area contributed by atoms with Crippen molar-refractivity contribution in [1.29, 1.82) is 0 Å². The van der Waals surface area contributed by atoms with E-state index in [4.69, 9.17) is 15.9 Å². The molecule has 86 valence electrons. The van der Waals surface area contributed by atoms with Crippen LogP contribution in [0.5, 0.6) is 5.75 Å². The Morgan fingerprint density at radius 3 is 2.56 bits per heavy atom. The third-order valence-corrected chi connectivity index (χ3v) is 2.00. The second-order valence-corrected chi connectivity index (χ2v) is 3.05. The summed E-state index contributed by atoms with van der Waals surface area (Å²) in [4.78, 5) is 10.6. The van der Waals surface area contributed by atoms with Gasteiger partial charge < -0.3 is 15.9 Å². The number of phenolic OH excluding ortho intramolecular Hbond substituents is 1. The third kappa shape index (κ3) is 2.34. The number of benzene rings is 1. The number of aromatic hydroxyl groups is 1. The van der Waals surface area contributed by atoms with Crippen molar-refractivity contribution in [2.45, 2.75) is 6.04 Å². The highest BCUT2D eigenvalue weighted by Gasteiger charge is 2.20. The van der Waals surface area contributed by atoms with E-state index in [9.17, 15) is 13.6 Å². The molecule has 0 saturated heterocycles. The number of hydrogen-bond acceptors (Lipinski definition) is 3. The molecule has 0 aromatic heterocycles. The number of halogens is 2. The summed E-state index contributed by atoms with van der Waals surface area (Å²) >= 11 is 0. The lowest BCUT2D eigenvalue weighted by Crippen LogP contribution is -2.31. The van der Waals surface area contributed by atoms with E-state index in [0.717, 1.165) is 18.2 Å². The first-order chi connectivity index (χ1) is 7.47. The Morgan fingerprint density at radius 2 is 2.12 bits per heavy atom. The first-order valence-electron chi connectivity index (χ1n) is 4.25. The number of nitrogens with two attached hydrogens (primary N) is 1. The van der Waals surface area contributed by atoms with Crippen LogP contribution >= 0.6 is 0 Å². The number of carboxylic acid groups (broad SMARTS) is 1. The smallest absolute Gasteiger partial charge is 0.325 e. The zero-order chi connectivity index (χ0) is 12.3. The van der Waals surface area contributed by atoms with Gasteiger partial charge >= 0.3 is 5.97 Å². The average Bonchev–Trinajstić information content (AvgIpc) is 2.24. The van der Waals surface area contributed by atoms with Gasteiger partial charge in [0.1, 0.15) is 6.04 Å². The van der Waals surface area contributed by atoms with Crippen molar-refractivity contribution in [3.63, 3.8) is 0 Å². The summed E-state index contributed by atoms with van der Waals surface area (Å²) in [6, 6.07) is 1.35. The highest BCUT2D eigenvalue weighted by atomic mass is 19.1. The first kappa shape index (κ1) is 12.1. The summed E-state index contributed by atoms with van der Waals surface area (Å²) in [5, 5.41) is 17.7. The lowest BCUT2D eigenvalue weighted by atomic mass is 10.0. The zero-order valence-corrected chi connectivity index (χ0v) is 8.02. The molecule has 1 unspecified atom stereocenters. The monoisotopic (exact) mass is 229 g/mol. The molecule has 0 fully saturated rings. The lowest BCUT2D eigenvalue weighted by molar-refractivity contribution is -0.137. The molecule has 0 saturated carbocycles. The van der Waals surface area contributed by atoms with Crippen molar-refractivity contribution in [2.24, 2.45) is 5.73 Å². The maximum absolute atomic E-state index is 12.7. The number of carboxylic acids is 1. The Balaban J connectivity index is 3.15. The summed E-state index contributed by atoms with van der Waals surface area (Å²) in [6.07, 6.45) is 0.0193. The standard InChI is InChI=1S/C10H9F2NO3/c11-4-6(9(13)10(15)16)5-1-2-7(12)8(14)3-5/h1-4,9,14H,13H2,(H,15,16)/b6-4+. The number of phenols is 1. The minimum Gasteiger partial charge on any atom is -0.505 e. The summed E-state index contributed by atoms with van der Waals surface area (Å²) in [7, 11) is 0. The first-order valence-corrected chi connectivity index (χ1v) is 4.25. The number of carbonyl (C=O) groups is 1. The molecule has 1 atom stereocenters. The van der Waals surface area contributed by atoms with E-state index in [2.05, 4.69) is 0 Å². The molecular weight excluding hydrogens is 220 g/mol. The van der Waals surface area contributed by atoms with Gasteiger partial charge in [-0.3, -0.25) is 4.79 Å². The summed E-state index contributed by atoms with van der Waals surface area (Å²) < 4.78 is 25.2. The third-order valence-electron chi connectivity index (χ3n) is 2.00. The summed E-state index contributed by atoms with van der Waals surface area (Å²) in [5.41, 5.74) is 4.87. The normalized spacial score (nSPS) is 13.6. The minimum absolute atomic E-state index is 0.0105. The number of hydrogen-bond donors (Lipinski definition) is 3. The van der Waals surface area contributed by atoms with Gasteiger partial charge in [0.2, 0.25) is 0 Å². The van der Waals surface area contributed by atoms with Crippen LogP contribution in [0, 0.1) is 5.82 Å². The fourth-order valence-electron chi connectivity index (χ4n) is 1.14. The lowest BCUT2D eigenvalue weighted by Gasteiger charge is -2.10. The van der Waals surface area contributed by atoms with Crippen LogP contribution in [0.1, 0.15) is 5.56 Å². The van der Waals surface area contributed by atoms with Gasteiger partial charge in [-0.05, 0) is 17.7 Å². The van der Waals surface area contributed by atoms with E-state index in [1.54, 1.807) is 0 Å². The number of aliphatic carboxylic acids is 1. The molecular formula is C10H9F2NO3. The molecule has 0 aliphatic carbocycles. The Kier molecular flexibility index (Phi) is 3.57. The zero-order valence-electron chi connectivity index (χ0n) is 8.02. The van der Waals surface area contributed by atoms with Crippen LogP contribution < -0.4 is 5.73 Å². The fourth-order valence-corrected chi connectivity index (χ4v) is 1.14. The molecule has 4 nitrogen and oxygen atoms in total. The van der Waals surface area contributed by atoms with E-state index < -0.39 is 23.6 Å². The summed E-state index contributed by atoms with van der Waals surface area (Å²) in [6.45, 7) is 0. The van der Waals surface area contributed by atoms with Crippen LogP contribution in [-0.4, -0.2) is 22.2 Å². The van der Waals surface area contributed by atoms with E-state index in [0.29, 0.717) is 0 Å². The average molecular weight is 229 g/mol. The van der Waals surface area contributed by atoms with Crippen LogP contribution in [0.2, 0.25) is 0 Å². The maximum atomic E-state index is 12.7. The predicted octanol–water partition coefficient (Wildman–Crippen LogP) is 1.25. The predicted molar refractivity (Wildman–Crippen MR) is 52.8 cm³/mol. The van der Waals surface area contributed by atoms with Gasteiger partial charge in [-0.1, -0.05) is 6.07 Å². The second kappa shape index (κ2) is 4.71. The van der Waals surface area contributed by atoms with E-state index >= 15 is 0 Å². The molecule has 4 N–H and O–H groups in total. The van der Waals surface area contributed by atoms with Gasteiger partial charge in [-0.15, -0.1) is 0 Å². The molecule has 1 rings (SSSR count). The molecule has 16 heavy (non-hydrogen) atoms. The maximum Gasteiger partial charge on any atom is 0.325 e. The Hall–Kier alpha value is -1.95. The molecule has 0 spiro atoms. The molecule has 0 aliphatic heterocycles.